The highest BCUT2D eigenvalue weighted by molar-refractivity contribution is 7.81. The molecule has 2 saturated heterocycles. The fourth-order valence-corrected chi connectivity index (χ4v) is 3.60. The Morgan fingerprint density at radius 2 is 2.50 bits per heavy atom. The summed E-state index contributed by atoms with van der Waals surface area (Å²) in [5.74, 6) is 0. The Hall–Kier alpha value is -0.190. The number of hydrogen-bond acceptors (Lipinski definition) is 3. The van der Waals surface area contributed by atoms with Crippen molar-refractivity contribution in [2.24, 2.45) is 0 Å². The van der Waals surface area contributed by atoms with Crippen molar-refractivity contribution in [2.45, 2.75) is 29.8 Å². The molecule has 3 aliphatic heterocycles. The van der Waals surface area contributed by atoms with E-state index in [1.807, 2.05) is 0 Å². The molecule has 3 heterocycles. The van der Waals surface area contributed by atoms with Gasteiger partial charge in [-0.25, -0.2) is 4.21 Å². The molecule has 4 heteroatoms. The van der Waals surface area contributed by atoms with Crippen LogP contribution in [-0.4, -0.2) is 27.8 Å². The Kier molecular flexibility index (Phi) is 1.32. The van der Waals surface area contributed by atoms with E-state index in [2.05, 4.69) is 12.2 Å². The maximum absolute atomic E-state index is 11.4. The zero-order chi connectivity index (χ0) is 8.18. The summed E-state index contributed by atoms with van der Waals surface area (Å²) < 4.78 is 22.3. The maximum atomic E-state index is 11.4. The van der Waals surface area contributed by atoms with Crippen LogP contribution in [0.25, 0.3) is 0 Å². The first-order valence-corrected chi connectivity index (χ1v) is 5.35. The fraction of sp³-hybridized carbons (Fsp3) is 0.750. The van der Waals surface area contributed by atoms with Crippen molar-refractivity contribution < 1.29 is 13.1 Å². The minimum Gasteiger partial charge on any atom is -0.362 e. The lowest BCUT2D eigenvalue weighted by molar-refractivity contribution is 0.0114. The van der Waals surface area contributed by atoms with Crippen LogP contribution in [0.3, 0.4) is 0 Å². The normalized spacial score (nSPS) is 55.8. The van der Waals surface area contributed by atoms with Gasteiger partial charge in [0.05, 0.1) is 18.0 Å². The van der Waals surface area contributed by atoms with E-state index in [0.717, 1.165) is 12.8 Å². The quantitative estimate of drug-likeness (QED) is 0.518. The maximum Gasteiger partial charge on any atom is 0.162 e. The van der Waals surface area contributed by atoms with Crippen LogP contribution in [0.1, 0.15) is 12.8 Å². The first kappa shape index (κ1) is 7.24. The van der Waals surface area contributed by atoms with E-state index in [0.29, 0.717) is 6.61 Å². The summed E-state index contributed by atoms with van der Waals surface area (Å²) >= 11 is -1.13. The van der Waals surface area contributed by atoms with Crippen LogP contribution < -0.4 is 0 Å². The highest BCUT2D eigenvalue weighted by atomic mass is 32.2. The summed E-state index contributed by atoms with van der Waals surface area (Å²) in [6.07, 6.45) is 6.07. The molecule has 0 N–H and O–H groups in total. The second kappa shape index (κ2) is 2.19. The summed E-state index contributed by atoms with van der Waals surface area (Å²) in [5.41, 5.74) is -0.228. The zero-order valence-electron chi connectivity index (χ0n) is 6.56. The third-order valence-electron chi connectivity index (χ3n) is 2.88. The summed E-state index contributed by atoms with van der Waals surface area (Å²) in [4.78, 5) is 0. The molecule has 0 aromatic rings. The molecule has 2 fully saturated rings. The molecule has 4 unspecified atom stereocenters. The zero-order valence-corrected chi connectivity index (χ0v) is 7.38. The third kappa shape index (κ3) is 0.752. The van der Waals surface area contributed by atoms with Gasteiger partial charge in [-0.1, -0.05) is 12.2 Å². The minimum absolute atomic E-state index is 0.0845. The molecule has 2 bridgehead atoms. The molecule has 0 amide bonds. The van der Waals surface area contributed by atoms with Crippen LogP contribution >= 0.6 is 0 Å². The first-order chi connectivity index (χ1) is 5.80. The van der Waals surface area contributed by atoms with E-state index >= 15 is 0 Å². The van der Waals surface area contributed by atoms with Crippen LogP contribution in [0.15, 0.2) is 12.2 Å². The van der Waals surface area contributed by atoms with Crippen LogP contribution in [0.4, 0.5) is 0 Å². The van der Waals surface area contributed by atoms with Crippen molar-refractivity contribution in [3.05, 3.63) is 12.2 Å². The summed E-state index contributed by atoms with van der Waals surface area (Å²) in [5, 5.41) is 0.0845. The topological polar surface area (TPSA) is 35.5 Å². The van der Waals surface area contributed by atoms with E-state index < -0.39 is 11.1 Å². The number of ether oxygens (including phenoxy) is 1. The van der Waals surface area contributed by atoms with E-state index in [9.17, 15) is 4.21 Å². The Balaban J connectivity index is 2.03. The van der Waals surface area contributed by atoms with Gasteiger partial charge in [0, 0.05) is 6.42 Å². The van der Waals surface area contributed by atoms with E-state index in [1.165, 1.54) is 0 Å². The van der Waals surface area contributed by atoms with Crippen LogP contribution in [-0.2, 0) is 20.0 Å². The molecule has 0 aromatic carbocycles. The molecule has 3 rings (SSSR count). The van der Waals surface area contributed by atoms with Crippen LogP contribution in [0.5, 0.6) is 0 Å². The SMILES string of the molecule is O=S1OCCC23C=CC(CC12)O3. The monoisotopic (exact) mass is 186 g/mol. The van der Waals surface area contributed by atoms with E-state index in [-0.39, 0.29) is 17.0 Å². The smallest absolute Gasteiger partial charge is 0.162 e. The summed E-state index contributed by atoms with van der Waals surface area (Å²) in [6, 6.07) is 0. The van der Waals surface area contributed by atoms with Crippen molar-refractivity contribution >= 4 is 11.1 Å². The minimum atomic E-state index is -1.13. The molecule has 3 aliphatic rings. The molecule has 1 spiro atoms. The largest absolute Gasteiger partial charge is 0.362 e. The van der Waals surface area contributed by atoms with Gasteiger partial charge in [-0.05, 0) is 6.42 Å². The number of rotatable bonds is 0. The van der Waals surface area contributed by atoms with E-state index in [1.54, 1.807) is 0 Å². The van der Waals surface area contributed by atoms with Crippen LogP contribution in [0, 0.1) is 0 Å². The molecule has 12 heavy (non-hydrogen) atoms. The van der Waals surface area contributed by atoms with Crippen molar-refractivity contribution in [3.63, 3.8) is 0 Å². The molecule has 3 nitrogen and oxygen atoms in total. The average molecular weight is 186 g/mol. The third-order valence-corrected chi connectivity index (χ3v) is 4.33. The molecule has 0 saturated carbocycles. The molecule has 0 radical (unpaired) electrons. The highest BCUT2D eigenvalue weighted by Crippen LogP contribution is 2.45. The van der Waals surface area contributed by atoms with Gasteiger partial charge >= 0.3 is 0 Å². The number of fused-ring (bicyclic) bond motifs is 1. The molecular weight excluding hydrogens is 176 g/mol. The van der Waals surface area contributed by atoms with Gasteiger partial charge in [0.2, 0.25) is 0 Å². The van der Waals surface area contributed by atoms with Gasteiger partial charge in [-0.3, -0.25) is 4.18 Å². The van der Waals surface area contributed by atoms with Gasteiger partial charge in [-0.15, -0.1) is 0 Å². The molecule has 66 valence electrons. The standard InChI is InChI=1S/C8H10O3S/c9-12-7-5-6-1-2-8(7,11-6)3-4-10-12/h1-2,6-7H,3-5H2. The Morgan fingerprint density at radius 1 is 1.58 bits per heavy atom. The second-order valence-corrected chi connectivity index (χ2v) is 4.85. The summed E-state index contributed by atoms with van der Waals surface area (Å²) in [6.45, 7) is 0.556. The lowest BCUT2D eigenvalue weighted by atomic mass is 9.91. The lowest BCUT2D eigenvalue weighted by Gasteiger charge is -2.32. The predicted octanol–water partition coefficient (Wildman–Crippen LogP) is 0.536. The fourth-order valence-electron chi connectivity index (χ4n) is 2.26. The summed E-state index contributed by atoms with van der Waals surface area (Å²) in [7, 11) is 0. The Morgan fingerprint density at radius 3 is 3.25 bits per heavy atom. The molecular formula is C8H10O3S. The highest BCUT2D eigenvalue weighted by Gasteiger charge is 2.55. The van der Waals surface area contributed by atoms with Crippen LogP contribution in [0.2, 0.25) is 0 Å². The van der Waals surface area contributed by atoms with Gasteiger partial charge in [0.25, 0.3) is 0 Å². The van der Waals surface area contributed by atoms with Gasteiger partial charge in [0.15, 0.2) is 11.1 Å². The van der Waals surface area contributed by atoms with Crippen molar-refractivity contribution in [1.29, 1.82) is 0 Å². The molecule has 0 aliphatic carbocycles. The van der Waals surface area contributed by atoms with Gasteiger partial charge in [0.1, 0.15) is 5.60 Å². The molecule has 4 atom stereocenters. The molecule has 0 aromatic heterocycles. The Bertz CT molecular complexity index is 275. The van der Waals surface area contributed by atoms with E-state index in [4.69, 9.17) is 8.92 Å². The van der Waals surface area contributed by atoms with Gasteiger partial charge < -0.3 is 4.74 Å². The first-order valence-electron chi connectivity index (χ1n) is 4.21. The average Bonchev–Trinajstić information content (AvgIpc) is 2.60. The van der Waals surface area contributed by atoms with Crippen molar-refractivity contribution in [1.82, 2.24) is 0 Å². The lowest BCUT2D eigenvalue weighted by Crippen LogP contribution is -2.45. The predicted molar refractivity (Wildman–Crippen MR) is 43.9 cm³/mol. The second-order valence-electron chi connectivity index (χ2n) is 3.53. The van der Waals surface area contributed by atoms with Gasteiger partial charge in [-0.2, -0.15) is 0 Å². The Labute approximate surface area is 73.4 Å². The number of hydrogen-bond donors (Lipinski definition) is 0. The van der Waals surface area contributed by atoms with Crippen molar-refractivity contribution in [2.75, 3.05) is 6.61 Å². The van der Waals surface area contributed by atoms with Crippen molar-refractivity contribution in [3.8, 4) is 0 Å².